The molecule has 0 aliphatic carbocycles. The zero-order valence-electron chi connectivity index (χ0n) is 11.3. The maximum atomic E-state index is 9.28. The van der Waals surface area contributed by atoms with Gasteiger partial charge in [-0.3, -0.25) is 0 Å². The van der Waals surface area contributed by atoms with Gasteiger partial charge >= 0.3 is 35.6 Å². The Bertz CT molecular complexity index is 422. The van der Waals surface area contributed by atoms with Crippen LogP contribution in [0.2, 0.25) is 13.1 Å². The number of nitrogens with two attached hydrogens (primary N) is 1. The molecule has 3 N–H and O–H groups in total. The zero-order valence-corrected chi connectivity index (χ0v) is 15.4. The summed E-state index contributed by atoms with van der Waals surface area (Å²) in [5.74, 6) is -0.815. The summed E-state index contributed by atoms with van der Waals surface area (Å²) in [4.78, 5) is 9.28. The van der Waals surface area contributed by atoms with E-state index >= 15 is 0 Å². The van der Waals surface area contributed by atoms with E-state index in [0.29, 0.717) is 6.61 Å². The molecule has 2 radical (unpaired) electrons. The summed E-state index contributed by atoms with van der Waals surface area (Å²) in [6, 6.07) is 14.7. The minimum Gasteiger partial charge on any atom is -0.168 e. The fourth-order valence-corrected chi connectivity index (χ4v) is 1.07. The molecule has 0 bridgehead atoms. The summed E-state index contributed by atoms with van der Waals surface area (Å²) in [7, 11) is 10.9. The van der Waals surface area contributed by atoms with Crippen LogP contribution in [0.25, 0.3) is 10.8 Å². The van der Waals surface area contributed by atoms with Gasteiger partial charge in [0.1, 0.15) is 5.91 Å². The van der Waals surface area contributed by atoms with Crippen LogP contribution in [0.1, 0.15) is 0 Å². The van der Waals surface area contributed by atoms with Gasteiger partial charge in [-0.25, -0.2) is 0 Å². The van der Waals surface area contributed by atoms with E-state index in [9.17, 15) is 4.79 Å². The first-order chi connectivity index (χ1) is 9.56. The molecule has 0 saturated carbocycles. The van der Waals surface area contributed by atoms with Gasteiger partial charge in [0.05, 0.1) is 0 Å². The van der Waals surface area contributed by atoms with E-state index in [1.165, 1.54) is 10.8 Å². The maximum absolute atomic E-state index is 9.28. The van der Waals surface area contributed by atoms with Crippen molar-refractivity contribution in [2.75, 3.05) is 0 Å². The second kappa shape index (κ2) is 16.7. The largest absolute Gasteiger partial charge is 0.168 e. The van der Waals surface area contributed by atoms with E-state index < -0.39 is 22.9 Å². The topological polar surface area (TPSA) is 63.3 Å². The van der Waals surface area contributed by atoms with Gasteiger partial charge < -0.3 is 15.6 Å². The Kier molecular flexibility index (Phi) is 18.3. The molecular formula is C13H17Cl2NO2SiTi-2. The van der Waals surface area contributed by atoms with Crippen LogP contribution in [0, 0.1) is 6.61 Å². The number of hydrogen-bond acceptors (Lipinski definition) is 2. The number of fused-ring (bicyclic) bond motifs is 1. The number of carbonyl (C=O) groups excluding carboxylic acids is 1. The third kappa shape index (κ3) is 14.1. The molecule has 0 aliphatic heterocycles. The van der Waals surface area contributed by atoms with Crippen LogP contribution >= 0.6 is 18.6 Å². The second-order valence-electron chi connectivity index (χ2n) is 3.26. The molecule has 0 unspecified atom stereocenters. The van der Waals surface area contributed by atoms with E-state index in [2.05, 4.69) is 61.3 Å². The minimum atomic E-state index is -0.815. The van der Waals surface area contributed by atoms with Crippen molar-refractivity contribution in [2.24, 2.45) is 5.73 Å². The Morgan fingerprint density at radius 3 is 2.20 bits per heavy atom. The number of primary amides is 1. The average molecular weight is 366 g/mol. The van der Waals surface area contributed by atoms with Crippen molar-refractivity contribution in [1.29, 1.82) is 0 Å². The summed E-state index contributed by atoms with van der Waals surface area (Å²) in [6.07, 6.45) is 0. The Labute approximate surface area is 139 Å². The zero-order chi connectivity index (χ0) is 15.8. The summed E-state index contributed by atoms with van der Waals surface area (Å²) >= 11 is -0.556. The fraction of sp³-hybridized carbons (Fsp3) is 0.154. The normalized spacial score (nSPS) is 7.85. The number of carbonyl (C=O) groups is 1. The quantitative estimate of drug-likeness (QED) is 0.597. The van der Waals surface area contributed by atoms with Crippen LogP contribution in [0.5, 0.6) is 0 Å². The fourth-order valence-electron chi connectivity index (χ4n) is 1.07. The molecule has 0 atom stereocenters. The van der Waals surface area contributed by atoms with Crippen LogP contribution in [-0.2, 0) is 21.8 Å². The predicted molar refractivity (Wildman–Crippen MR) is 84.2 cm³/mol. The van der Waals surface area contributed by atoms with Gasteiger partial charge in [-0.2, -0.15) is 24.1 Å². The number of hydrogen-bond donors (Lipinski definition) is 2. The third-order valence-corrected chi connectivity index (χ3v) is 1.67. The summed E-state index contributed by atoms with van der Waals surface area (Å²) < 4.78 is 0. The number of halogens is 2. The van der Waals surface area contributed by atoms with Gasteiger partial charge in [-0.1, -0.05) is 19.2 Å². The Hall–Kier alpha value is -0.359. The first-order valence-electron chi connectivity index (χ1n) is 5.49. The van der Waals surface area contributed by atoms with Gasteiger partial charge in [-0.05, 0) is 0 Å². The molecule has 1 amide bonds. The molecule has 0 fully saturated rings. The van der Waals surface area contributed by atoms with E-state index in [0.717, 1.165) is 9.52 Å². The molecule has 0 heterocycles. The predicted octanol–water partition coefficient (Wildman–Crippen LogP) is 3.73. The number of amides is 1. The summed E-state index contributed by atoms with van der Waals surface area (Å²) in [6.45, 7) is 4.61. The van der Waals surface area contributed by atoms with Crippen LogP contribution < -0.4 is 5.73 Å². The monoisotopic (exact) mass is 365 g/mol. The first-order valence-corrected chi connectivity index (χ1v) is 11.8. The van der Waals surface area contributed by atoms with Crippen molar-refractivity contribution in [2.45, 2.75) is 13.1 Å². The van der Waals surface area contributed by atoms with Crippen LogP contribution in [-0.4, -0.2) is 20.5 Å². The second-order valence-corrected chi connectivity index (χ2v) is 6.84. The Morgan fingerprint density at radius 2 is 1.80 bits per heavy atom. The average Bonchev–Trinajstić information content (AvgIpc) is 2.89. The first kappa shape index (κ1) is 21.9. The molecule has 0 aromatic heterocycles. The molecule has 7 heteroatoms. The van der Waals surface area contributed by atoms with Crippen molar-refractivity contribution < 1.29 is 26.9 Å². The minimum absolute atomic E-state index is 0.306. The van der Waals surface area contributed by atoms with E-state index in [-0.39, 0.29) is 0 Å². The van der Waals surface area contributed by atoms with Gasteiger partial charge in [0.15, 0.2) is 0 Å². The molecule has 2 rings (SSSR count). The van der Waals surface area contributed by atoms with Crippen molar-refractivity contribution in [1.82, 2.24) is 0 Å². The maximum Gasteiger partial charge on any atom is -0.0809 e. The van der Waals surface area contributed by atoms with Crippen molar-refractivity contribution in [3.8, 4) is 0 Å². The number of rotatable bonds is 1. The van der Waals surface area contributed by atoms with Crippen molar-refractivity contribution in [3.05, 3.63) is 49.1 Å². The van der Waals surface area contributed by atoms with Gasteiger partial charge in [0.25, 0.3) is 0 Å². The number of benzene rings is 1. The van der Waals surface area contributed by atoms with Crippen molar-refractivity contribution >= 4 is 44.8 Å². The molecule has 0 aliphatic rings. The summed E-state index contributed by atoms with van der Waals surface area (Å²) in [5.41, 5.74) is 4.35. The van der Waals surface area contributed by atoms with Gasteiger partial charge in [0, 0.05) is 9.52 Å². The van der Waals surface area contributed by atoms with Crippen molar-refractivity contribution in [3.63, 3.8) is 0 Å². The smallest absolute Gasteiger partial charge is 0.0809 e. The summed E-state index contributed by atoms with van der Waals surface area (Å²) in [5, 5.41) is 10.2. The van der Waals surface area contributed by atoms with Crippen LogP contribution in [0.15, 0.2) is 42.5 Å². The molecule has 110 valence electrons. The molecule has 3 nitrogen and oxygen atoms in total. The Balaban J connectivity index is 0. The van der Waals surface area contributed by atoms with E-state index in [1.54, 1.807) is 0 Å². The molecule has 0 saturated heterocycles. The molecule has 2 aromatic rings. The van der Waals surface area contributed by atoms with E-state index in [1.807, 2.05) is 0 Å². The standard InChI is InChI=1S/C9H7.C2H4NO2.C2H6Si.2ClH.Ti/c1-2-5-9-7-3-6-8(9)4-1;3-2(5)1-4;1-3-2;;;/h1-7H;1,4H,(H2,3,5);1-2H3;2*1H;/q2*-1;;;;+2/p-2. The molecule has 0 spiro atoms. The molecule has 20 heavy (non-hydrogen) atoms. The van der Waals surface area contributed by atoms with E-state index in [4.69, 9.17) is 23.7 Å². The SMILES string of the molecule is C[Si]C.NC(=O)[CH-]O.[Cl][Ti][Cl].c1ccc2[cH-]ccc2c1. The van der Waals surface area contributed by atoms with Gasteiger partial charge in [-0.15, -0.1) is 29.7 Å². The third-order valence-electron chi connectivity index (χ3n) is 1.67. The number of aliphatic hydroxyl groups excluding tert-OH is 1. The molecular weight excluding hydrogens is 349 g/mol. The Morgan fingerprint density at radius 1 is 1.35 bits per heavy atom. The van der Waals surface area contributed by atoms with Gasteiger partial charge in [0.2, 0.25) is 0 Å². The molecule has 2 aromatic carbocycles. The number of aliphatic hydroxyl groups is 1. The van der Waals surface area contributed by atoms with Crippen LogP contribution in [0.3, 0.4) is 0 Å². The van der Waals surface area contributed by atoms with Crippen LogP contribution in [0.4, 0.5) is 0 Å².